The van der Waals surface area contributed by atoms with E-state index in [1.54, 1.807) is 0 Å². The van der Waals surface area contributed by atoms with E-state index in [0.29, 0.717) is 18.2 Å². The molecule has 1 fully saturated rings. The van der Waals surface area contributed by atoms with Gasteiger partial charge in [0.2, 0.25) is 0 Å². The summed E-state index contributed by atoms with van der Waals surface area (Å²) >= 11 is 0. The molecule has 5 nitrogen and oxygen atoms in total. The van der Waals surface area contributed by atoms with Crippen molar-refractivity contribution in [1.82, 2.24) is 4.90 Å². The number of nitrogens with one attached hydrogen (secondary N) is 1. The first kappa shape index (κ1) is 23.8. The Kier molecular flexibility index (Phi) is 8.65. The Bertz CT molecular complexity index is 620. The van der Waals surface area contributed by atoms with E-state index in [4.69, 9.17) is 5.73 Å². The molecule has 0 aromatic heterocycles. The molecule has 1 atom stereocenters. The van der Waals surface area contributed by atoms with Crippen LogP contribution >= 0.6 is 24.0 Å². The summed E-state index contributed by atoms with van der Waals surface area (Å²) < 4.78 is 40.3. The molecule has 1 unspecified atom stereocenters. The average Bonchev–Trinajstić information content (AvgIpc) is 2.54. The van der Waals surface area contributed by atoms with Crippen molar-refractivity contribution in [3.63, 3.8) is 0 Å². The summed E-state index contributed by atoms with van der Waals surface area (Å²) in [6.07, 6.45) is -2.26. The molecule has 1 saturated heterocycles. The Morgan fingerprint density at radius 3 is 2.48 bits per heavy atom. The van der Waals surface area contributed by atoms with E-state index in [1.807, 2.05) is 0 Å². The van der Waals surface area contributed by atoms with Crippen LogP contribution in [0, 0.1) is 5.92 Å². The number of piperidine rings is 1. The number of halogens is 4. The van der Waals surface area contributed by atoms with E-state index >= 15 is 0 Å². The first-order valence-electron chi connectivity index (χ1n) is 8.73. The fourth-order valence-corrected chi connectivity index (χ4v) is 3.05. The molecule has 2 rings (SSSR count). The van der Waals surface area contributed by atoms with Crippen LogP contribution in [0.3, 0.4) is 0 Å². The number of ether oxygens (including phenoxy) is 1. The molecule has 0 bridgehead atoms. The molecular weight excluding hydrogens is 472 g/mol. The second kappa shape index (κ2) is 9.81. The third kappa shape index (κ3) is 8.12. The van der Waals surface area contributed by atoms with Crippen LogP contribution in [0.5, 0.6) is 5.75 Å². The zero-order valence-corrected chi connectivity index (χ0v) is 18.2. The minimum Gasteiger partial charge on any atom is -0.406 e. The zero-order valence-electron chi connectivity index (χ0n) is 15.8. The maximum Gasteiger partial charge on any atom is 0.573 e. The topological polar surface area (TPSA) is 62.9 Å². The van der Waals surface area contributed by atoms with Crippen molar-refractivity contribution in [3.05, 3.63) is 24.3 Å². The van der Waals surface area contributed by atoms with Crippen molar-refractivity contribution in [2.45, 2.75) is 45.5 Å². The fraction of sp³-hybridized carbons (Fsp3) is 0.611. The molecule has 0 radical (unpaired) electrons. The zero-order chi connectivity index (χ0) is 19.4. The Morgan fingerprint density at radius 2 is 1.93 bits per heavy atom. The largest absolute Gasteiger partial charge is 0.573 e. The second-order valence-corrected chi connectivity index (χ2v) is 7.40. The van der Waals surface area contributed by atoms with Crippen LogP contribution in [0.1, 0.15) is 33.6 Å². The monoisotopic (exact) mass is 500 g/mol. The van der Waals surface area contributed by atoms with Crippen LogP contribution in [-0.4, -0.2) is 42.4 Å². The molecule has 1 aliphatic heterocycles. The minimum absolute atomic E-state index is 0. The highest BCUT2D eigenvalue weighted by Gasteiger charge is 2.31. The molecule has 1 aliphatic rings. The summed E-state index contributed by atoms with van der Waals surface area (Å²) in [5.41, 5.74) is 6.36. The van der Waals surface area contributed by atoms with Gasteiger partial charge in [0.05, 0.1) is 6.54 Å². The summed E-state index contributed by atoms with van der Waals surface area (Å²) in [5, 5.41) is 2.89. The third-order valence-corrected chi connectivity index (χ3v) is 4.51. The van der Waals surface area contributed by atoms with E-state index in [9.17, 15) is 13.2 Å². The van der Waals surface area contributed by atoms with Gasteiger partial charge in [-0.2, -0.15) is 0 Å². The maximum absolute atomic E-state index is 12.2. The van der Waals surface area contributed by atoms with E-state index in [2.05, 4.69) is 40.7 Å². The van der Waals surface area contributed by atoms with Crippen LogP contribution in [-0.2, 0) is 0 Å². The number of rotatable bonds is 5. The molecule has 1 aromatic rings. The van der Waals surface area contributed by atoms with Crippen molar-refractivity contribution in [1.29, 1.82) is 0 Å². The number of nitrogens with two attached hydrogens (primary N) is 1. The highest BCUT2D eigenvalue weighted by atomic mass is 127. The second-order valence-electron chi connectivity index (χ2n) is 7.40. The van der Waals surface area contributed by atoms with Crippen molar-refractivity contribution in [2.75, 3.05) is 25.0 Å². The number of guanidine groups is 1. The van der Waals surface area contributed by atoms with Gasteiger partial charge in [-0.1, -0.05) is 6.92 Å². The number of nitrogens with zero attached hydrogens (tertiary/aromatic N) is 2. The maximum atomic E-state index is 12.2. The van der Waals surface area contributed by atoms with E-state index in [0.717, 1.165) is 13.1 Å². The highest BCUT2D eigenvalue weighted by Crippen LogP contribution is 2.25. The number of benzene rings is 1. The molecule has 0 amide bonds. The molecular formula is C18H28F3IN4O. The lowest BCUT2D eigenvalue weighted by Crippen LogP contribution is -2.51. The van der Waals surface area contributed by atoms with Gasteiger partial charge in [-0.25, -0.2) is 0 Å². The summed E-state index contributed by atoms with van der Waals surface area (Å²) in [5.74, 6) is 0.631. The van der Waals surface area contributed by atoms with Crippen molar-refractivity contribution < 1.29 is 17.9 Å². The van der Waals surface area contributed by atoms with Gasteiger partial charge in [0.15, 0.2) is 5.96 Å². The first-order valence-corrected chi connectivity index (χ1v) is 8.73. The van der Waals surface area contributed by atoms with Crippen molar-refractivity contribution in [3.8, 4) is 5.75 Å². The van der Waals surface area contributed by atoms with Crippen molar-refractivity contribution in [2.24, 2.45) is 16.6 Å². The highest BCUT2D eigenvalue weighted by molar-refractivity contribution is 14.0. The van der Waals surface area contributed by atoms with Gasteiger partial charge < -0.3 is 15.8 Å². The standard InChI is InChI=1S/C18H27F3N4O.HI/c1-13-5-4-10-25(11-13)17(2,3)12-23-16(22)24-14-6-8-15(9-7-14)26-18(19,20)21;/h6-9,13H,4-5,10-12H2,1-3H3,(H3,22,23,24);1H. The summed E-state index contributed by atoms with van der Waals surface area (Å²) in [6.45, 7) is 9.19. The lowest BCUT2D eigenvalue weighted by molar-refractivity contribution is -0.274. The van der Waals surface area contributed by atoms with Crippen LogP contribution in [0.25, 0.3) is 0 Å². The molecule has 27 heavy (non-hydrogen) atoms. The van der Waals surface area contributed by atoms with E-state index < -0.39 is 6.36 Å². The van der Waals surface area contributed by atoms with Crippen molar-refractivity contribution >= 4 is 35.6 Å². The number of alkyl halides is 3. The lowest BCUT2D eigenvalue weighted by Gasteiger charge is -2.42. The Morgan fingerprint density at radius 1 is 1.30 bits per heavy atom. The predicted octanol–water partition coefficient (Wildman–Crippen LogP) is 4.44. The van der Waals surface area contributed by atoms with Gasteiger partial charge in [0, 0.05) is 17.8 Å². The van der Waals surface area contributed by atoms with Crippen LogP contribution in [0.4, 0.5) is 18.9 Å². The molecule has 0 aliphatic carbocycles. The number of hydrogen-bond acceptors (Lipinski definition) is 3. The molecule has 9 heteroatoms. The number of aliphatic imine (C=N–C) groups is 1. The first-order chi connectivity index (χ1) is 12.0. The van der Waals surface area contributed by atoms with Gasteiger partial charge in [-0.15, -0.1) is 37.1 Å². The Labute approximate surface area is 175 Å². The van der Waals surface area contributed by atoms with Gasteiger partial charge in [-0.05, 0) is 63.4 Å². The van der Waals surface area contributed by atoms with E-state index in [1.165, 1.54) is 37.1 Å². The van der Waals surface area contributed by atoms with Gasteiger partial charge in [0.1, 0.15) is 5.75 Å². The van der Waals surface area contributed by atoms with Gasteiger partial charge >= 0.3 is 6.36 Å². The Hall–Kier alpha value is -1.23. The summed E-state index contributed by atoms with van der Waals surface area (Å²) in [6, 6.07) is 5.37. The molecule has 1 heterocycles. The molecule has 0 spiro atoms. The molecule has 0 saturated carbocycles. The molecule has 1 aromatic carbocycles. The smallest absolute Gasteiger partial charge is 0.406 e. The molecule has 154 valence electrons. The predicted molar refractivity (Wildman–Crippen MR) is 113 cm³/mol. The Balaban J connectivity index is 0.00000364. The fourth-order valence-electron chi connectivity index (χ4n) is 3.05. The summed E-state index contributed by atoms with van der Waals surface area (Å²) in [7, 11) is 0. The number of anilines is 1. The summed E-state index contributed by atoms with van der Waals surface area (Å²) in [4.78, 5) is 6.84. The van der Waals surface area contributed by atoms with Crippen LogP contribution in [0.2, 0.25) is 0 Å². The number of hydrogen-bond donors (Lipinski definition) is 2. The van der Waals surface area contributed by atoms with Crippen LogP contribution in [0.15, 0.2) is 29.3 Å². The third-order valence-electron chi connectivity index (χ3n) is 4.51. The van der Waals surface area contributed by atoms with E-state index in [-0.39, 0.29) is 41.2 Å². The average molecular weight is 500 g/mol. The SMILES string of the molecule is CC1CCCN(C(C)(C)CN=C(N)Nc2ccc(OC(F)(F)F)cc2)C1.I. The van der Waals surface area contributed by atoms with Gasteiger partial charge in [-0.3, -0.25) is 9.89 Å². The van der Waals surface area contributed by atoms with Crippen LogP contribution < -0.4 is 15.8 Å². The number of likely N-dealkylation sites (tertiary alicyclic amines) is 1. The molecule has 3 N–H and O–H groups in total. The van der Waals surface area contributed by atoms with Gasteiger partial charge in [0.25, 0.3) is 0 Å². The lowest BCUT2D eigenvalue weighted by atomic mass is 9.94. The minimum atomic E-state index is -4.70. The normalized spacial score (nSPS) is 19.3. The quantitative estimate of drug-likeness (QED) is 0.357.